The lowest BCUT2D eigenvalue weighted by atomic mass is 10.2. The molecule has 3 heteroatoms. The molecule has 0 aliphatic heterocycles. The molecule has 0 radical (unpaired) electrons. The quantitative estimate of drug-likeness (QED) is 0.824. The highest BCUT2D eigenvalue weighted by Gasteiger charge is 2.08. The van der Waals surface area contributed by atoms with Crippen LogP contribution >= 0.6 is 0 Å². The van der Waals surface area contributed by atoms with Crippen molar-refractivity contribution in [3.05, 3.63) is 47.4 Å². The Morgan fingerprint density at radius 3 is 2.59 bits per heavy atom. The molecule has 0 saturated carbocycles. The first-order chi connectivity index (χ1) is 8.06. The van der Waals surface area contributed by atoms with Gasteiger partial charge in [0.2, 0.25) is 0 Å². The first-order valence-corrected chi connectivity index (χ1v) is 5.69. The summed E-state index contributed by atoms with van der Waals surface area (Å²) >= 11 is 0. The van der Waals surface area contributed by atoms with Crippen LogP contribution in [0.1, 0.15) is 17.1 Å². The third-order valence-corrected chi connectivity index (χ3v) is 2.79. The molecule has 0 aliphatic carbocycles. The van der Waals surface area contributed by atoms with Gasteiger partial charge in [0.1, 0.15) is 11.5 Å². The summed E-state index contributed by atoms with van der Waals surface area (Å²) in [6.45, 7) is 4.74. The molecule has 1 aromatic heterocycles. The Morgan fingerprint density at radius 2 is 1.94 bits per heavy atom. The summed E-state index contributed by atoms with van der Waals surface area (Å²) < 4.78 is 5.56. The van der Waals surface area contributed by atoms with E-state index < -0.39 is 0 Å². The average Bonchev–Trinajstić information content (AvgIpc) is 2.67. The third-order valence-electron chi connectivity index (χ3n) is 2.79. The molecule has 0 aliphatic rings. The van der Waals surface area contributed by atoms with Gasteiger partial charge in [0.25, 0.3) is 0 Å². The number of hydrogen-bond acceptors (Lipinski definition) is 3. The lowest BCUT2D eigenvalue weighted by molar-refractivity contribution is 0.482. The largest absolute Gasteiger partial charge is 0.464 e. The number of anilines is 2. The first kappa shape index (κ1) is 11.6. The number of furan rings is 1. The minimum atomic E-state index is 0.724. The van der Waals surface area contributed by atoms with Crippen molar-refractivity contribution in [2.75, 3.05) is 17.7 Å². The topological polar surface area (TPSA) is 42.4 Å². The van der Waals surface area contributed by atoms with Crippen LogP contribution in [0.4, 0.5) is 11.4 Å². The molecule has 0 bridgehead atoms. The van der Waals surface area contributed by atoms with Gasteiger partial charge in [-0.1, -0.05) is 6.07 Å². The predicted octanol–water partition coefficient (Wildman–Crippen LogP) is 3.12. The molecule has 3 nitrogen and oxygen atoms in total. The summed E-state index contributed by atoms with van der Waals surface area (Å²) in [5, 5.41) is 0. The lowest BCUT2D eigenvalue weighted by Gasteiger charge is -2.20. The van der Waals surface area contributed by atoms with Crippen molar-refractivity contribution in [2.24, 2.45) is 0 Å². The molecule has 0 fully saturated rings. The molecular weight excluding hydrogens is 212 g/mol. The Balaban J connectivity index is 2.19. The maximum absolute atomic E-state index is 5.98. The number of hydrogen-bond donors (Lipinski definition) is 1. The number of nitrogen functional groups attached to an aromatic ring is 1. The predicted molar refractivity (Wildman–Crippen MR) is 71.1 cm³/mol. The second-order valence-corrected chi connectivity index (χ2v) is 4.43. The van der Waals surface area contributed by atoms with Crippen LogP contribution in [0.2, 0.25) is 0 Å². The monoisotopic (exact) mass is 230 g/mol. The molecule has 2 N–H and O–H groups in total. The molecule has 1 aromatic carbocycles. The van der Waals surface area contributed by atoms with Crippen molar-refractivity contribution >= 4 is 11.4 Å². The molecular formula is C14H18N2O. The number of rotatable bonds is 3. The zero-order valence-electron chi connectivity index (χ0n) is 10.5. The number of nitrogens with two attached hydrogens (primary N) is 1. The first-order valence-electron chi connectivity index (χ1n) is 5.69. The van der Waals surface area contributed by atoms with Gasteiger partial charge in [-0.25, -0.2) is 0 Å². The Labute approximate surface area is 102 Å². The van der Waals surface area contributed by atoms with Crippen LogP contribution in [0.3, 0.4) is 0 Å². The van der Waals surface area contributed by atoms with Crippen LogP contribution in [0.15, 0.2) is 34.7 Å². The molecule has 0 saturated heterocycles. The van der Waals surface area contributed by atoms with Crippen LogP contribution in [0.5, 0.6) is 0 Å². The summed E-state index contributed by atoms with van der Waals surface area (Å²) in [6.07, 6.45) is 0. The highest BCUT2D eigenvalue weighted by atomic mass is 16.3. The van der Waals surface area contributed by atoms with Crippen molar-refractivity contribution in [3.8, 4) is 0 Å². The molecule has 0 spiro atoms. The van der Waals surface area contributed by atoms with E-state index in [-0.39, 0.29) is 0 Å². The minimum absolute atomic E-state index is 0.724. The van der Waals surface area contributed by atoms with Crippen molar-refractivity contribution in [2.45, 2.75) is 20.4 Å². The fourth-order valence-electron chi connectivity index (χ4n) is 1.87. The maximum atomic E-state index is 5.98. The normalized spacial score (nSPS) is 10.5. The van der Waals surface area contributed by atoms with Crippen LogP contribution in [-0.2, 0) is 6.54 Å². The molecule has 1 heterocycles. The third kappa shape index (κ3) is 2.61. The Hall–Kier alpha value is -1.90. The maximum Gasteiger partial charge on any atom is 0.123 e. The van der Waals surface area contributed by atoms with Gasteiger partial charge in [-0.2, -0.15) is 0 Å². The van der Waals surface area contributed by atoms with Crippen LogP contribution < -0.4 is 10.6 Å². The molecule has 0 amide bonds. The van der Waals surface area contributed by atoms with Gasteiger partial charge in [0, 0.05) is 7.05 Å². The smallest absolute Gasteiger partial charge is 0.123 e. The summed E-state index contributed by atoms with van der Waals surface area (Å²) in [5.74, 6) is 1.89. The molecule has 90 valence electrons. The van der Waals surface area contributed by atoms with E-state index >= 15 is 0 Å². The Kier molecular flexibility index (Phi) is 3.09. The molecule has 2 aromatic rings. The Bertz CT molecular complexity index is 517. The second-order valence-electron chi connectivity index (χ2n) is 4.43. The summed E-state index contributed by atoms with van der Waals surface area (Å²) in [7, 11) is 2.02. The molecule has 0 atom stereocenters. The standard InChI is InChI=1S/C14H18N2O/c1-10-4-7-13(15)14(8-10)16(3)9-12-6-5-11(2)17-12/h4-8H,9,15H2,1-3H3. The zero-order chi connectivity index (χ0) is 12.4. The number of nitrogens with zero attached hydrogens (tertiary/aromatic N) is 1. The van der Waals surface area contributed by atoms with Gasteiger partial charge in [0.15, 0.2) is 0 Å². The zero-order valence-corrected chi connectivity index (χ0v) is 10.5. The number of aryl methyl sites for hydroxylation is 2. The van der Waals surface area contributed by atoms with Crippen molar-refractivity contribution in [1.82, 2.24) is 0 Å². The van der Waals surface area contributed by atoms with E-state index in [9.17, 15) is 0 Å². The van der Waals surface area contributed by atoms with Crippen LogP contribution in [-0.4, -0.2) is 7.05 Å². The van der Waals surface area contributed by atoms with E-state index in [0.717, 1.165) is 29.4 Å². The van der Waals surface area contributed by atoms with Crippen LogP contribution in [0.25, 0.3) is 0 Å². The van der Waals surface area contributed by atoms with E-state index in [4.69, 9.17) is 10.2 Å². The minimum Gasteiger partial charge on any atom is -0.464 e. The van der Waals surface area contributed by atoms with Gasteiger partial charge in [-0.15, -0.1) is 0 Å². The van der Waals surface area contributed by atoms with E-state index in [2.05, 4.69) is 17.9 Å². The summed E-state index contributed by atoms with van der Waals surface area (Å²) in [5.41, 5.74) is 9.02. The fraction of sp³-hybridized carbons (Fsp3) is 0.286. The van der Waals surface area contributed by atoms with Crippen molar-refractivity contribution in [1.29, 1.82) is 0 Å². The second kappa shape index (κ2) is 4.53. The van der Waals surface area contributed by atoms with Gasteiger partial charge in [0.05, 0.1) is 17.9 Å². The van der Waals surface area contributed by atoms with Crippen molar-refractivity contribution < 1.29 is 4.42 Å². The lowest BCUT2D eigenvalue weighted by Crippen LogP contribution is -2.17. The van der Waals surface area contributed by atoms with E-state index in [1.165, 1.54) is 5.56 Å². The Morgan fingerprint density at radius 1 is 1.18 bits per heavy atom. The average molecular weight is 230 g/mol. The van der Waals surface area contributed by atoms with Crippen LogP contribution in [0, 0.1) is 13.8 Å². The SMILES string of the molecule is Cc1ccc(N)c(N(C)Cc2ccc(C)o2)c1. The van der Waals surface area contributed by atoms with Gasteiger partial charge < -0.3 is 15.1 Å². The molecule has 17 heavy (non-hydrogen) atoms. The van der Waals surface area contributed by atoms with E-state index in [1.807, 2.05) is 38.2 Å². The fourth-order valence-corrected chi connectivity index (χ4v) is 1.87. The van der Waals surface area contributed by atoms with Gasteiger partial charge in [-0.05, 0) is 43.7 Å². The molecule has 0 unspecified atom stereocenters. The summed E-state index contributed by atoms with van der Waals surface area (Å²) in [6, 6.07) is 10.0. The highest BCUT2D eigenvalue weighted by Crippen LogP contribution is 2.25. The van der Waals surface area contributed by atoms with Gasteiger partial charge >= 0.3 is 0 Å². The number of benzene rings is 1. The molecule has 2 rings (SSSR count). The highest BCUT2D eigenvalue weighted by molar-refractivity contribution is 5.68. The van der Waals surface area contributed by atoms with Gasteiger partial charge in [-0.3, -0.25) is 0 Å². The van der Waals surface area contributed by atoms with E-state index in [1.54, 1.807) is 0 Å². The summed E-state index contributed by atoms with van der Waals surface area (Å²) in [4.78, 5) is 2.10. The van der Waals surface area contributed by atoms with E-state index in [0.29, 0.717) is 0 Å². The van der Waals surface area contributed by atoms with Crippen molar-refractivity contribution in [3.63, 3.8) is 0 Å².